The van der Waals surface area contributed by atoms with Gasteiger partial charge in [0.2, 0.25) is 0 Å². The second kappa shape index (κ2) is 10.4. The molecule has 2 N–H and O–H groups in total. The number of alkyl halides is 3. The lowest BCUT2D eigenvalue weighted by atomic mass is 10.0. The van der Waals surface area contributed by atoms with Crippen molar-refractivity contribution in [1.29, 1.82) is 0 Å². The molecule has 34 heavy (non-hydrogen) atoms. The van der Waals surface area contributed by atoms with Crippen molar-refractivity contribution >= 4 is 29.2 Å². The summed E-state index contributed by atoms with van der Waals surface area (Å²) in [4.78, 5) is 26.9. The molecule has 0 radical (unpaired) electrons. The summed E-state index contributed by atoms with van der Waals surface area (Å²) in [5.41, 5.74) is -0.756. The van der Waals surface area contributed by atoms with Crippen LogP contribution in [0, 0.1) is 0 Å². The maximum atomic E-state index is 13.0. The zero-order valence-electron chi connectivity index (χ0n) is 18.6. The maximum absolute atomic E-state index is 13.0. The van der Waals surface area contributed by atoms with E-state index in [0.717, 1.165) is 12.1 Å². The van der Waals surface area contributed by atoms with Crippen LogP contribution in [-0.2, 0) is 4.79 Å². The van der Waals surface area contributed by atoms with Gasteiger partial charge in [-0.15, -0.1) is 13.2 Å². The Morgan fingerprint density at radius 2 is 1.47 bits per heavy atom. The molecule has 0 spiro atoms. The normalized spacial score (nSPS) is 14.9. The minimum Gasteiger partial charge on any atom is -0.478 e. The summed E-state index contributed by atoms with van der Waals surface area (Å²) in [5, 5.41) is 5.96. The van der Waals surface area contributed by atoms with Crippen LogP contribution in [-0.4, -0.2) is 47.9 Å². The Kier molecular flexibility index (Phi) is 7.81. The first kappa shape index (κ1) is 25.5. The fraction of sp³-hybridized carbons (Fsp3) is 0.391. The van der Waals surface area contributed by atoms with Crippen LogP contribution < -0.4 is 20.1 Å². The van der Waals surface area contributed by atoms with Crippen molar-refractivity contribution < 1.29 is 32.2 Å². The highest BCUT2D eigenvalue weighted by atomic mass is 35.5. The fourth-order valence-electron chi connectivity index (χ4n) is 3.54. The molecule has 3 amide bonds. The van der Waals surface area contributed by atoms with E-state index in [-0.39, 0.29) is 17.7 Å². The largest absolute Gasteiger partial charge is 0.573 e. The smallest absolute Gasteiger partial charge is 0.478 e. The number of anilines is 1. The van der Waals surface area contributed by atoms with Crippen molar-refractivity contribution in [2.24, 2.45) is 0 Å². The van der Waals surface area contributed by atoms with E-state index >= 15 is 0 Å². The van der Waals surface area contributed by atoms with Gasteiger partial charge in [-0.05, 0) is 75.2 Å². The molecule has 1 aliphatic rings. The third-order valence-corrected chi connectivity index (χ3v) is 5.42. The number of hydrogen-bond acceptors (Lipinski definition) is 4. The Morgan fingerprint density at radius 3 is 2.03 bits per heavy atom. The quantitative estimate of drug-likeness (QED) is 0.572. The van der Waals surface area contributed by atoms with Gasteiger partial charge in [-0.3, -0.25) is 4.79 Å². The highest BCUT2D eigenvalue weighted by molar-refractivity contribution is 6.30. The number of benzene rings is 2. The van der Waals surface area contributed by atoms with Gasteiger partial charge in [0, 0.05) is 29.8 Å². The van der Waals surface area contributed by atoms with Crippen molar-refractivity contribution in [3.63, 3.8) is 0 Å². The number of carbonyl (C=O) groups is 2. The number of nitrogens with zero attached hydrogens (tertiary/aromatic N) is 1. The monoisotopic (exact) mass is 499 g/mol. The first-order chi connectivity index (χ1) is 15.9. The summed E-state index contributed by atoms with van der Waals surface area (Å²) in [6.07, 6.45) is -3.68. The molecule has 11 heteroatoms. The summed E-state index contributed by atoms with van der Waals surface area (Å²) in [6, 6.07) is 11.0. The molecule has 1 saturated heterocycles. The molecule has 2 aromatic rings. The number of piperidine rings is 1. The number of halogens is 4. The molecule has 0 atom stereocenters. The molecule has 0 unspecified atom stereocenters. The Hall–Kier alpha value is -3.14. The number of likely N-dealkylation sites (tertiary alicyclic amines) is 1. The lowest BCUT2D eigenvalue weighted by molar-refractivity contribution is -0.274. The van der Waals surface area contributed by atoms with Gasteiger partial charge >= 0.3 is 12.4 Å². The van der Waals surface area contributed by atoms with Crippen LogP contribution in [0.4, 0.5) is 23.7 Å². The summed E-state index contributed by atoms with van der Waals surface area (Å²) < 4.78 is 46.3. The van der Waals surface area contributed by atoms with Crippen molar-refractivity contribution in [1.82, 2.24) is 10.2 Å². The molecule has 0 aliphatic carbocycles. The summed E-state index contributed by atoms with van der Waals surface area (Å²) in [7, 11) is 0. The van der Waals surface area contributed by atoms with Gasteiger partial charge in [0.05, 0.1) is 0 Å². The van der Waals surface area contributed by atoms with E-state index in [1.165, 1.54) is 12.1 Å². The molecular weight excluding hydrogens is 475 g/mol. The second-order valence-corrected chi connectivity index (χ2v) is 8.74. The highest BCUT2D eigenvalue weighted by Gasteiger charge is 2.36. The van der Waals surface area contributed by atoms with E-state index in [2.05, 4.69) is 15.4 Å². The predicted molar refractivity (Wildman–Crippen MR) is 121 cm³/mol. The minimum absolute atomic E-state index is 0.155. The van der Waals surface area contributed by atoms with Crippen molar-refractivity contribution in [2.75, 3.05) is 18.4 Å². The molecule has 2 aromatic carbocycles. The summed E-state index contributed by atoms with van der Waals surface area (Å²) in [5.74, 6) is -0.000967. The van der Waals surface area contributed by atoms with Crippen molar-refractivity contribution in [3.8, 4) is 11.5 Å². The van der Waals surface area contributed by atoms with Gasteiger partial charge in [0.15, 0.2) is 5.60 Å². The van der Waals surface area contributed by atoms with Crippen LogP contribution >= 0.6 is 11.6 Å². The average Bonchev–Trinajstić information content (AvgIpc) is 2.75. The lowest BCUT2D eigenvalue weighted by Gasteiger charge is -2.37. The van der Waals surface area contributed by atoms with Crippen molar-refractivity contribution in [3.05, 3.63) is 53.6 Å². The Balaban J connectivity index is 1.45. The number of nitrogens with one attached hydrogen (secondary N) is 2. The van der Waals surface area contributed by atoms with Crippen LogP contribution in [0.2, 0.25) is 5.02 Å². The van der Waals surface area contributed by atoms with Crippen LogP contribution in [0.3, 0.4) is 0 Å². The molecule has 3 rings (SSSR count). The first-order valence-electron chi connectivity index (χ1n) is 10.6. The number of urea groups is 1. The number of amides is 3. The predicted octanol–water partition coefficient (Wildman–Crippen LogP) is 5.21. The second-order valence-electron chi connectivity index (χ2n) is 8.30. The van der Waals surface area contributed by atoms with Gasteiger partial charge in [-0.25, -0.2) is 4.79 Å². The van der Waals surface area contributed by atoms with Gasteiger partial charge in [-0.2, -0.15) is 0 Å². The Morgan fingerprint density at radius 1 is 0.941 bits per heavy atom. The minimum atomic E-state index is -4.78. The van der Waals surface area contributed by atoms with Crippen LogP contribution in [0.15, 0.2) is 48.5 Å². The van der Waals surface area contributed by atoms with Gasteiger partial charge in [-0.1, -0.05) is 11.6 Å². The Labute approximate surface area is 200 Å². The van der Waals surface area contributed by atoms with Crippen LogP contribution in [0.25, 0.3) is 0 Å². The van der Waals surface area contributed by atoms with E-state index in [9.17, 15) is 22.8 Å². The average molecular weight is 500 g/mol. The zero-order chi connectivity index (χ0) is 24.9. The molecule has 0 saturated carbocycles. The molecule has 0 bridgehead atoms. The van der Waals surface area contributed by atoms with Gasteiger partial charge in [0.1, 0.15) is 11.5 Å². The summed E-state index contributed by atoms with van der Waals surface area (Å²) in [6.45, 7) is 4.29. The van der Waals surface area contributed by atoms with Gasteiger partial charge < -0.3 is 25.0 Å². The van der Waals surface area contributed by atoms with E-state index in [1.807, 2.05) is 0 Å². The third kappa shape index (κ3) is 7.44. The van der Waals surface area contributed by atoms with E-state index in [0.29, 0.717) is 42.4 Å². The topological polar surface area (TPSA) is 79.9 Å². The number of hydrogen-bond donors (Lipinski definition) is 2. The van der Waals surface area contributed by atoms with E-state index < -0.39 is 18.0 Å². The molecule has 0 aromatic heterocycles. The Bertz CT molecular complexity index is 990. The van der Waals surface area contributed by atoms with E-state index in [4.69, 9.17) is 16.3 Å². The molecule has 1 aliphatic heterocycles. The summed E-state index contributed by atoms with van der Waals surface area (Å²) >= 11 is 5.88. The van der Waals surface area contributed by atoms with Gasteiger partial charge in [0.25, 0.3) is 5.91 Å². The molecule has 184 valence electrons. The van der Waals surface area contributed by atoms with Crippen molar-refractivity contribution in [2.45, 2.75) is 44.7 Å². The SMILES string of the molecule is CC(C)(Oc1ccc(Cl)cc1)C(=O)N1CCC(NC(=O)Nc2ccc(OC(F)(F)F)cc2)CC1. The standard InChI is InChI=1S/C23H25ClF3N3O4/c1-22(2,33-18-7-3-15(24)4-8-18)20(31)30-13-11-17(12-14-30)29-21(32)28-16-5-9-19(10-6-16)34-23(25,26)27/h3-10,17H,11-14H2,1-2H3,(H2,28,29,32). The van der Waals surface area contributed by atoms with Crippen LogP contribution in [0.1, 0.15) is 26.7 Å². The fourth-order valence-corrected chi connectivity index (χ4v) is 3.67. The highest BCUT2D eigenvalue weighted by Crippen LogP contribution is 2.25. The van der Waals surface area contributed by atoms with Crippen LogP contribution in [0.5, 0.6) is 11.5 Å². The lowest BCUT2D eigenvalue weighted by Crippen LogP contribution is -2.54. The maximum Gasteiger partial charge on any atom is 0.573 e. The number of rotatable bonds is 6. The molecular formula is C23H25ClF3N3O4. The molecule has 7 nitrogen and oxygen atoms in total. The zero-order valence-corrected chi connectivity index (χ0v) is 19.4. The third-order valence-electron chi connectivity index (χ3n) is 5.16. The van der Waals surface area contributed by atoms with E-state index in [1.54, 1.807) is 43.0 Å². The molecule has 1 heterocycles. The number of ether oxygens (including phenoxy) is 2. The molecule has 1 fully saturated rings. The number of carbonyl (C=O) groups excluding carboxylic acids is 2. The first-order valence-corrected chi connectivity index (χ1v) is 11.0.